The van der Waals surface area contributed by atoms with Crippen LogP contribution in [0.25, 0.3) is 0 Å². The molecule has 0 radical (unpaired) electrons. The number of halogens is 2. The lowest BCUT2D eigenvalue weighted by molar-refractivity contribution is -0.140. The fraction of sp³-hybridized carbons (Fsp3) is 0.200. The van der Waals surface area contributed by atoms with Gasteiger partial charge in [-0.25, -0.2) is 0 Å². The molecule has 0 saturated heterocycles. The summed E-state index contributed by atoms with van der Waals surface area (Å²) in [6.07, 6.45) is 0.604. The standard InChI is InChI=1S/C25H24Cl2N2O2/c1-28-25(31)23(15-18-8-4-2-5-9-18)29(17-20-12-13-21(26)22(27)14-20)24(30)16-19-10-6-3-7-11-19/h2-14,23H,15-17H2,1H3,(H,28,31)/t23-/m0/s1. The van der Waals surface area contributed by atoms with E-state index in [-0.39, 0.29) is 24.8 Å². The zero-order chi connectivity index (χ0) is 22.2. The summed E-state index contributed by atoms with van der Waals surface area (Å²) in [6.45, 7) is 0.244. The van der Waals surface area contributed by atoms with Gasteiger partial charge in [-0.2, -0.15) is 0 Å². The average molecular weight is 455 g/mol. The molecule has 0 saturated carbocycles. The molecule has 0 fully saturated rings. The fourth-order valence-corrected chi connectivity index (χ4v) is 3.75. The zero-order valence-corrected chi connectivity index (χ0v) is 18.7. The summed E-state index contributed by atoms with van der Waals surface area (Å²) in [4.78, 5) is 27.9. The van der Waals surface area contributed by atoms with Crippen LogP contribution in [0.15, 0.2) is 78.9 Å². The van der Waals surface area contributed by atoms with Gasteiger partial charge in [0.25, 0.3) is 0 Å². The van der Waals surface area contributed by atoms with E-state index in [2.05, 4.69) is 5.32 Å². The molecule has 31 heavy (non-hydrogen) atoms. The lowest BCUT2D eigenvalue weighted by atomic mass is 10.0. The van der Waals surface area contributed by atoms with Crippen LogP contribution in [0.4, 0.5) is 0 Å². The van der Waals surface area contributed by atoms with Gasteiger partial charge in [0, 0.05) is 20.0 Å². The van der Waals surface area contributed by atoms with Crippen molar-refractivity contribution in [2.75, 3.05) is 7.05 Å². The van der Waals surface area contributed by atoms with E-state index < -0.39 is 6.04 Å². The van der Waals surface area contributed by atoms with Crippen molar-refractivity contribution in [3.8, 4) is 0 Å². The summed E-state index contributed by atoms with van der Waals surface area (Å²) in [5, 5.41) is 3.57. The summed E-state index contributed by atoms with van der Waals surface area (Å²) >= 11 is 12.2. The van der Waals surface area contributed by atoms with Gasteiger partial charge < -0.3 is 10.2 Å². The minimum atomic E-state index is -0.668. The minimum absolute atomic E-state index is 0.137. The highest BCUT2D eigenvalue weighted by Crippen LogP contribution is 2.24. The normalized spacial score (nSPS) is 11.6. The van der Waals surface area contributed by atoms with Crippen LogP contribution >= 0.6 is 23.2 Å². The van der Waals surface area contributed by atoms with Crippen molar-refractivity contribution in [1.29, 1.82) is 0 Å². The Morgan fingerprint density at radius 1 is 0.839 bits per heavy atom. The molecule has 6 heteroatoms. The first-order valence-corrected chi connectivity index (χ1v) is 10.8. The van der Waals surface area contributed by atoms with Crippen LogP contribution in [-0.2, 0) is 29.0 Å². The summed E-state index contributed by atoms with van der Waals surface area (Å²) < 4.78 is 0. The second-order valence-corrected chi connectivity index (χ2v) is 8.07. The van der Waals surface area contributed by atoms with Crippen molar-refractivity contribution >= 4 is 35.0 Å². The molecule has 0 spiro atoms. The number of carbonyl (C=O) groups excluding carboxylic acids is 2. The highest BCUT2D eigenvalue weighted by Gasteiger charge is 2.29. The highest BCUT2D eigenvalue weighted by atomic mass is 35.5. The Hall–Kier alpha value is -2.82. The van der Waals surface area contributed by atoms with E-state index in [1.807, 2.05) is 66.7 Å². The monoisotopic (exact) mass is 454 g/mol. The molecule has 0 bridgehead atoms. The molecule has 160 valence electrons. The molecule has 0 aliphatic heterocycles. The first kappa shape index (κ1) is 22.9. The van der Waals surface area contributed by atoms with E-state index in [0.29, 0.717) is 16.5 Å². The molecule has 4 nitrogen and oxygen atoms in total. The Morgan fingerprint density at radius 2 is 1.45 bits per heavy atom. The Kier molecular flexibility index (Phi) is 8.10. The Morgan fingerprint density at radius 3 is 2.03 bits per heavy atom. The predicted molar refractivity (Wildman–Crippen MR) is 125 cm³/mol. The van der Waals surface area contributed by atoms with Gasteiger partial charge in [0.05, 0.1) is 16.5 Å². The van der Waals surface area contributed by atoms with E-state index in [9.17, 15) is 9.59 Å². The number of amides is 2. The van der Waals surface area contributed by atoms with Gasteiger partial charge in [0.15, 0.2) is 0 Å². The van der Waals surface area contributed by atoms with Crippen molar-refractivity contribution < 1.29 is 9.59 Å². The number of nitrogens with one attached hydrogen (secondary N) is 1. The van der Waals surface area contributed by atoms with Gasteiger partial charge in [-0.3, -0.25) is 9.59 Å². The first-order chi connectivity index (χ1) is 15.0. The third-order valence-electron chi connectivity index (χ3n) is 5.05. The molecular formula is C25H24Cl2N2O2. The van der Waals surface area contributed by atoms with Crippen LogP contribution in [0, 0.1) is 0 Å². The van der Waals surface area contributed by atoms with Crippen LogP contribution in [0.3, 0.4) is 0 Å². The number of hydrogen-bond acceptors (Lipinski definition) is 2. The number of nitrogens with zero attached hydrogens (tertiary/aromatic N) is 1. The predicted octanol–water partition coefficient (Wildman–Crippen LogP) is 4.92. The number of rotatable bonds is 8. The van der Waals surface area contributed by atoms with Crippen LogP contribution in [-0.4, -0.2) is 29.8 Å². The molecule has 3 rings (SSSR count). The Balaban J connectivity index is 1.94. The molecule has 2 amide bonds. The second-order valence-electron chi connectivity index (χ2n) is 7.25. The van der Waals surface area contributed by atoms with E-state index >= 15 is 0 Å². The fourth-order valence-electron chi connectivity index (χ4n) is 3.43. The Labute approximate surface area is 192 Å². The number of hydrogen-bond donors (Lipinski definition) is 1. The lowest BCUT2D eigenvalue weighted by Gasteiger charge is -2.31. The van der Waals surface area contributed by atoms with Gasteiger partial charge in [-0.05, 0) is 28.8 Å². The number of benzene rings is 3. The number of likely N-dealkylation sites (N-methyl/N-ethyl adjacent to an activating group) is 1. The van der Waals surface area contributed by atoms with Crippen LogP contribution in [0.5, 0.6) is 0 Å². The van der Waals surface area contributed by atoms with Gasteiger partial charge in [-0.15, -0.1) is 0 Å². The first-order valence-electron chi connectivity index (χ1n) is 10.0. The van der Waals surface area contributed by atoms with Crippen molar-refractivity contribution in [3.63, 3.8) is 0 Å². The minimum Gasteiger partial charge on any atom is -0.357 e. The molecular weight excluding hydrogens is 431 g/mol. The van der Waals surface area contributed by atoms with Gasteiger partial charge in [0.1, 0.15) is 6.04 Å². The molecule has 0 aromatic heterocycles. The number of carbonyl (C=O) groups is 2. The third kappa shape index (κ3) is 6.33. The molecule has 1 N–H and O–H groups in total. The molecule has 0 heterocycles. The molecule has 0 unspecified atom stereocenters. The summed E-state index contributed by atoms with van der Waals surface area (Å²) in [5.74, 6) is -0.355. The smallest absolute Gasteiger partial charge is 0.242 e. The summed E-state index contributed by atoms with van der Waals surface area (Å²) in [5.41, 5.74) is 2.67. The molecule has 3 aromatic rings. The van der Waals surface area contributed by atoms with E-state index in [1.165, 1.54) is 0 Å². The van der Waals surface area contributed by atoms with E-state index in [0.717, 1.165) is 16.7 Å². The maximum Gasteiger partial charge on any atom is 0.242 e. The summed E-state index contributed by atoms with van der Waals surface area (Å²) in [7, 11) is 1.58. The van der Waals surface area contributed by atoms with Crippen molar-refractivity contribution in [2.45, 2.75) is 25.4 Å². The maximum absolute atomic E-state index is 13.4. The van der Waals surface area contributed by atoms with Crippen molar-refractivity contribution in [2.24, 2.45) is 0 Å². The Bertz CT molecular complexity index is 1030. The highest BCUT2D eigenvalue weighted by molar-refractivity contribution is 6.42. The molecule has 3 aromatic carbocycles. The van der Waals surface area contributed by atoms with Crippen LogP contribution in [0.2, 0.25) is 10.0 Å². The topological polar surface area (TPSA) is 49.4 Å². The molecule has 0 aliphatic rings. The largest absolute Gasteiger partial charge is 0.357 e. The van der Waals surface area contributed by atoms with Gasteiger partial charge >= 0.3 is 0 Å². The van der Waals surface area contributed by atoms with Crippen LogP contribution in [0.1, 0.15) is 16.7 Å². The van der Waals surface area contributed by atoms with Crippen molar-refractivity contribution in [3.05, 3.63) is 106 Å². The van der Waals surface area contributed by atoms with E-state index in [4.69, 9.17) is 23.2 Å². The SMILES string of the molecule is CNC(=O)[C@H](Cc1ccccc1)N(Cc1ccc(Cl)c(Cl)c1)C(=O)Cc1ccccc1. The quantitative estimate of drug-likeness (QED) is 0.524. The second kappa shape index (κ2) is 11.0. The maximum atomic E-state index is 13.4. The zero-order valence-electron chi connectivity index (χ0n) is 17.2. The van der Waals surface area contributed by atoms with E-state index in [1.54, 1.807) is 24.1 Å². The van der Waals surface area contributed by atoms with Crippen LogP contribution < -0.4 is 5.32 Å². The van der Waals surface area contributed by atoms with Crippen molar-refractivity contribution in [1.82, 2.24) is 10.2 Å². The lowest BCUT2D eigenvalue weighted by Crippen LogP contribution is -2.50. The third-order valence-corrected chi connectivity index (χ3v) is 5.79. The van der Waals surface area contributed by atoms with Gasteiger partial charge in [-0.1, -0.05) is 89.9 Å². The molecule has 1 atom stereocenters. The van der Waals surface area contributed by atoms with Gasteiger partial charge in [0.2, 0.25) is 11.8 Å². The average Bonchev–Trinajstić information content (AvgIpc) is 2.79. The molecule has 0 aliphatic carbocycles. The summed E-state index contributed by atoms with van der Waals surface area (Å²) in [6, 6.07) is 23.8.